The van der Waals surface area contributed by atoms with Crippen LogP contribution in [0.3, 0.4) is 0 Å². The first-order chi connectivity index (χ1) is 10.5. The van der Waals surface area contributed by atoms with Gasteiger partial charge in [0, 0.05) is 10.1 Å². The normalized spacial score (nSPS) is 10.9. The predicted octanol–water partition coefficient (Wildman–Crippen LogP) is 5.22. The topological polar surface area (TPSA) is 29.1 Å². The molecule has 0 aliphatic heterocycles. The third kappa shape index (κ3) is 2.55. The van der Waals surface area contributed by atoms with Crippen LogP contribution in [0.1, 0.15) is 9.67 Å². The van der Waals surface area contributed by atoms with Crippen molar-refractivity contribution in [2.45, 2.75) is 0 Å². The van der Waals surface area contributed by atoms with Crippen molar-refractivity contribution in [3.63, 3.8) is 0 Å². The number of fused-ring (bicyclic) bond motifs is 1. The molecular weight excluding hydrogens is 335 g/mol. The van der Waals surface area contributed by atoms with E-state index in [0.717, 1.165) is 23.5 Å². The first-order valence-corrected chi connectivity index (χ1v) is 7.29. The fourth-order valence-corrected chi connectivity index (χ4v) is 3.41. The van der Waals surface area contributed by atoms with Gasteiger partial charge in [0.2, 0.25) is 0 Å². The van der Waals surface area contributed by atoms with Gasteiger partial charge in [-0.15, -0.1) is 11.3 Å². The Labute approximate surface area is 132 Å². The molecule has 0 radical (unpaired) electrons. The molecular formula is C15H7ClF3NOS. The van der Waals surface area contributed by atoms with E-state index in [0.29, 0.717) is 10.1 Å². The van der Waals surface area contributed by atoms with Crippen molar-refractivity contribution >= 4 is 44.6 Å². The minimum atomic E-state index is -0.892. The summed E-state index contributed by atoms with van der Waals surface area (Å²) in [4.78, 5) is 12.2. The van der Waals surface area contributed by atoms with Gasteiger partial charge in [0.05, 0.1) is 5.02 Å². The van der Waals surface area contributed by atoms with Crippen molar-refractivity contribution in [2.24, 2.45) is 0 Å². The highest BCUT2D eigenvalue weighted by Gasteiger charge is 2.20. The maximum absolute atomic E-state index is 13.6. The number of thiophene rings is 1. The van der Waals surface area contributed by atoms with Crippen LogP contribution < -0.4 is 5.32 Å². The maximum Gasteiger partial charge on any atom is 0.267 e. The summed E-state index contributed by atoms with van der Waals surface area (Å²) in [5, 5.41) is 2.78. The van der Waals surface area contributed by atoms with Gasteiger partial charge in [-0.1, -0.05) is 17.7 Å². The van der Waals surface area contributed by atoms with Crippen LogP contribution in [0.15, 0.2) is 36.4 Å². The number of carbonyl (C=O) groups excluding carboxylic acids is 1. The molecule has 0 fully saturated rings. The monoisotopic (exact) mass is 341 g/mol. The Kier molecular flexibility index (Phi) is 3.80. The van der Waals surface area contributed by atoms with Crippen LogP contribution in [0.25, 0.3) is 10.1 Å². The van der Waals surface area contributed by atoms with E-state index in [1.807, 2.05) is 0 Å². The summed E-state index contributed by atoms with van der Waals surface area (Å²) in [5.41, 5.74) is -0.549. The molecule has 112 valence electrons. The summed E-state index contributed by atoms with van der Waals surface area (Å²) in [6, 6.07) is 7.16. The molecule has 7 heteroatoms. The zero-order chi connectivity index (χ0) is 15.9. The first-order valence-electron chi connectivity index (χ1n) is 6.10. The van der Waals surface area contributed by atoms with E-state index in [2.05, 4.69) is 5.32 Å². The standard InChI is InChI=1S/C15H7ClF3NOS/c16-12-8-5-4-7(17)6-11(8)22-14(12)15(21)20-13-9(18)2-1-3-10(13)19/h1-6H,(H,20,21). The zero-order valence-corrected chi connectivity index (χ0v) is 12.4. The molecule has 0 spiro atoms. The molecule has 1 N–H and O–H groups in total. The smallest absolute Gasteiger partial charge is 0.267 e. The molecule has 0 bridgehead atoms. The minimum Gasteiger partial charge on any atom is -0.316 e. The molecule has 0 unspecified atom stereocenters. The lowest BCUT2D eigenvalue weighted by Gasteiger charge is -2.06. The van der Waals surface area contributed by atoms with Crippen molar-refractivity contribution in [3.8, 4) is 0 Å². The summed E-state index contributed by atoms with van der Waals surface area (Å²) in [6.07, 6.45) is 0. The average molecular weight is 342 g/mol. The van der Waals surface area contributed by atoms with Gasteiger partial charge in [0.15, 0.2) is 0 Å². The second kappa shape index (κ2) is 5.62. The summed E-state index contributed by atoms with van der Waals surface area (Å²) < 4.78 is 40.8. The van der Waals surface area contributed by atoms with Gasteiger partial charge in [0.1, 0.15) is 28.0 Å². The van der Waals surface area contributed by atoms with Gasteiger partial charge in [0.25, 0.3) is 5.91 Å². The van der Waals surface area contributed by atoms with Crippen LogP contribution >= 0.6 is 22.9 Å². The highest BCUT2D eigenvalue weighted by atomic mass is 35.5. The van der Waals surface area contributed by atoms with E-state index in [4.69, 9.17) is 11.6 Å². The predicted molar refractivity (Wildman–Crippen MR) is 81.1 cm³/mol. The average Bonchev–Trinajstić information content (AvgIpc) is 2.79. The summed E-state index contributed by atoms with van der Waals surface area (Å²) in [6.45, 7) is 0. The van der Waals surface area contributed by atoms with E-state index in [-0.39, 0.29) is 9.90 Å². The third-order valence-corrected chi connectivity index (χ3v) is 4.65. The highest BCUT2D eigenvalue weighted by molar-refractivity contribution is 7.21. The number of benzene rings is 2. The molecule has 3 aromatic rings. The number of carbonyl (C=O) groups is 1. The van der Waals surface area contributed by atoms with Crippen molar-refractivity contribution in [1.29, 1.82) is 0 Å². The third-order valence-electron chi connectivity index (χ3n) is 3.00. The Morgan fingerprint density at radius 2 is 1.77 bits per heavy atom. The molecule has 0 aliphatic rings. The van der Waals surface area contributed by atoms with Crippen LogP contribution in [0.2, 0.25) is 5.02 Å². The molecule has 0 aliphatic carbocycles. The first kappa shape index (κ1) is 14.9. The van der Waals surface area contributed by atoms with Gasteiger partial charge in [-0.25, -0.2) is 13.2 Å². The summed E-state index contributed by atoms with van der Waals surface area (Å²) in [5.74, 6) is -3.00. The summed E-state index contributed by atoms with van der Waals surface area (Å²) >= 11 is 7.04. The second-order valence-electron chi connectivity index (χ2n) is 4.44. The highest BCUT2D eigenvalue weighted by Crippen LogP contribution is 2.36. The fourth-order valence-electron chi connectivity index (χ4n) is 1.97. The molecule has 0 saturated heterocycles. The number of halogens is 4. The van der Waals surface area contributed by atoms with Crippen LogP contribution in [0.5, 0.6) is 0 Å². The van der Waals surface area contributed by atoms with Crippen LogP contribution in [-0.2, 0) is 0 Å². The molecule has 1 amide bonds. The second-order valence-corrected chi connectivity index (χ2v) is 5.87. The molecule has 3 rings (SSSR count). The molecule has 0 saturated carbocycles. The number of para-hydroxylation sites is 1. The number of amides is 1. The number of hydrogen-bond donors (Lipinski definition) is 1. The minimum absolute atomic E-state index is 0.0601. The van der Waals surface area contributed by atoms with Crippen molar-refractivity contribution in [2.75, 3.05) is 5.32 Å². The van der Waals surface area contributed by atoms with Crippen molar-refractivity contribution in [3.05, 3.63) is 63.7 Å². The van der Waals surface area contributed by atoms with E-state index < -0.39 is 29.0 Å². The van der Waals surface area contributed by atoms with E-state index in [1.165, 1.54) is 24.3 Å². The number of rotatable bonds is 2. The van der Waals surface area contributed by atoms with Gasteiger partial charge in [-0.2, -0.15) is 0 Å². The van der Waals surface area contributed by atoms with Crippen LogP contribution in [0.4, 0.5) is 18.9 Å². The molecule has 2 nitrogen and oxygen atoms in total. The molecule has 1 heterocycles. The molecule has 2 aromatic carbocycles. The van der Waals surface area contributed by atoms with Gasteiger partial charge >= 0.3 is 0 Å². The number of hydrogen-bond acceptors (Lipinski definition) is 2. The van der Waals surface area contributed by atoms with E-state index >= 15 is 0 Å². The quantitative estimate of drug-likeness (QED) is 0.680. The van der Waals surface area contributed by atoms with Gasteiger partial charge in [-0.3, -0.25) is 4.79 Å². The van der Waals surface area contributed by atoms with Gasteiger partial charge < -0.3 is 5.32 Å². The Balaban J connectivity index is 2.01. The molecule has 1 aromatic heterocycles. The number of anilines is 1. The van der Waals surface area contributed by atoms with Crippen molar-refractivity contribution < 1.29 is 18.0 Å². The van der Waals surface area contributed by atoms with Crippen LogP contribution in [-0.4, -0.2) is 5.91 Å². The maximum atomic E-state index is 13.6. The Hall–Kier alpha value is -2.05. The Morgan fingerprint density at radius 3 is 2.45 bits per heavy atom. The van der Waals surface area contributed by atoms with Crippen molar-refractivity contribution in [1.82, 2.24) is 0 Å². The Bertz CT molecular complexity index is 874. The number of nitrogens with one attached hydrogen (secondary N) is 1. The lowest BCUT2D eigenvalue weighted by atomic mass is 10.2. The lowest BCUT2D eigenvalue weighted by Crippen LogP contribution is -2.13. The SMILES string of the molecule is O=C(Nc1c(F)cccc1F)c1sc2cc(F)ccc2c1Cl. The molecule has 0 atom stereocenters. The van der Waals surface area contributed by atoms with E-state index in [9.17, 15) is 18.0 Å². The Morgan fingerprint density at radius 1 is 1.09 bits per heavy atom. The lowest BCUT2D eigenvalue weighted by molar-refractivity contribution is 0.102. The van der Waals surface area contributed by atoms with Gasteiger partial charge in [-0.05, 0) is 30.3 Å². The van der Waals surface area contributed by atoms with E-state index in [1.54, 1.807) is 0 Å². The van der Waals surface area contributed by atoms with Crippen LogP contribution in [0, 0.1) is 17.5 Å². The largest absolute Gasteiger partial charge is 0.316 e. The zero-order valence-electron chi connectivity index (χ0n) is 10.8. The summed E-state index contributed by atoms with van der Waals surface area (Å²) in [7, 11) is 0. The fraction of sp³-hybridized carbons (Fsp3) is 0. The molecule has 22 heavy (non-hydrogen) atoms.